The lowest BCUT2D eigenvalue weighted by molar-refractivity contribution is 0.169. The third-order valence-corrected chi connectivity index (χ3v) is 5.14. The molecule has 0 spiro atoms. The van der Waals surface area contributed by atoms with Gasteiger partial charge in [-0.1, -0.05) is 12.1 Å². The van der Waals surface area contributed by atoms with E-state index >= 15 is 0 Å². The lowest BCUT2D eigenvalue weighted by Crippen LogP contribution is -2.45. The summed E-state index contributed by atoms with van der Waals surface area (Å²) in [6.45, 7) is 0. The number of halogens is 1. The fraction of sp³-hybridized carbons (Fsp3) is 0.312. The standard InChI is InChI=1S/C16H17BrN2OS/c1-18-13(7-11-6-12(17)9-19-8-11)15-10-21-16-5-3-2-4-14(16)20-15/h2-6,8-9,13,15,18H,7,10H2,1H3. The quantitative estimate of drug-likeness (QED) is 0.899. The molecule has 5 heteroatoms. The number of rotatable bonds is 4. The van der Waals surface area contributed by atoms with E-state index in [4.69, 9.17) is 4.74 Å². The van der Waals surface area contributed by atoms with Crippen LogP contribution in [0.25, 0.3) is 0 Å². The summed E-state index contributed by atoms with van der Waals surface area (Å²) in [5.74, 6) is 1.95. The van der Waals surface area contributed by atoms with Gasteiger partial charge in [0.1, 0.15) is 11.9 Å². The monoisotopic (exact) mass is 364 g/mol. The Labute approximate surface area is 137 Å². The van der Waals surface area contributed by atoms with Gasteiger partial charge in [0.15, 0.2) is 0 Å². The normalized spacial score (nSPS) is 18.7. The zero-order valence-electron chi connectivity index (χ0n) is 11.8. The van der Waals surface area contributed by atoms with Crippen molar-refractivity contribution in [3.05, 3.63) is 52.8 Å². The van der Waals surface area contributed by atoms with E-state index in [0.29, 0.717) is 0 Å². The van der Waals surface area contributed by atoms with Gasteiger partial charge >= 0.3 is 0 Å². The number of para-hydroxylation sites is 1. The molecule has 3 nitrogen and oxygen atoms in total. The summed E-state index contributed by atoms with van der Waals surface area (Å²) in [5, 5.41) is 3.39. The first kappa shape index (κ1) is 14.9. The van der Waals surface area contributed by atoms with Gasteiger partial charge in [-0.3, -0.25) is 4.98 Å². The van der Waals surface area contributed by atoms with Gasteiger partial charge in [0.05, 0.1) is 0 Å². The van der Waals surface area contributed by atoms with Crippen LogP contribution in [-0.2, 0) is 6.42 Å². The van der Waals surface area contributed by atoms with Crippen LogP contribution in [0.5, 0.6) is 5.75 Å². The molecule has 1 N–H and O–H groups in total. The molecule has 0 fully saturated rings. The van der Waals surface area contributed by atoms with Gasteiger partial charge in [-0.25, -0.2) is 0 Å². The minimum Gasteiger partial charge on any atom is -0.487 e. The zero-order chi connectivity index (χ0) is 14.7. The Balaban J connectivity index is 1.73. The second kappa shape index (κ2) is 6.81. The molecule has 2 unspecified atom stereocenters. The number of nitrogens with zero attached hydrogens (tertiary/aromatic N) is 1. The highest BCUT2D eigenvalue weighted by molar-refractivity contribution is 9.10. The molecule has 1 aromatic carbocycles. The van der Waals surface area contributed by atoms with Gasteiger partial charge in [-0.2, -0.15) is 0 Å². The predicted octanol–water partition coefficient (Wildman–Crippen LogP) is 3.53. The molecule has 1 aliphatic rings. The Bertz CT molecular complexity index is 623. The number of hydrogen-bond donors (Lipinski definition) is 1. The fourth-order valence-corrected chi connectivity index (χ4v) is 3.96. The Kier molecular flexibility index (Phi) is 4.83. The Hall–Kier alpha value is -1.04. The number of likely N-dealkylation sites (N-methyl/N-ethyl adjacent to an activating group) is 1. The van der Waals surface area contributed by atoms with Crippen molar-refractivity contribution in [3.63, 3.8) is 0 Å². The predicted molar refractivity (Wildman–Crippen MR) is 90.1 cm³/mol. The molecule has 110 valence electrons. The number of benzene rings is 1. The van der Waals surface area contributed by atoms with Gasteiger partial charge < -0.3 is 10.1 Å². The van der Waals surface area contributed by atoms with Crippen LogP contribution >= 0.6 is 27.7 Å². The third-order valence-electron chi connectivity index (χ3n) is 3.57. The first-order valence-corrected chi connectivity index (χ1v) is 8.69. The molecule has 0 aliphatic carbocycles. The molecule has 21 heavy (non-hydrogen) atoms. The number of thioether (sulfide) groups is 1. The van der Waals surface area contributed by atoms with Gasteiger partial charge in [-0.05, 0) is 53.2 Å². The largest absolute Gasteiger partial charge is 0.487 e. The van der Waals surface area contributed by atoms with Crippen molar-refractivity contribution in [1.82, 2.24) is 10.3 Å². The van der Waals surface area contributed by atoms with E-state index in [0.717, 1.165) is 22.4 Å². The van der Waals surface area contributed by atoms with Crippen LogP contribution in [0.2, 0.25) is 0 Å². The summed E-state index contributed by atoms with van der Waals surface area (Å²) in [7, 11) is 1.99. The van der Waals surface area contributed by atoms with Crippen LogP contribution in [0.3, 0.4) is 0 Å². The molecule has 0 saturated heterocycles. The minimum absolute atomic E-state index is 0.161. The zero-order valence-corrected chi connectivity index (χ0v) is 14.2. The lowest BCUT2D eigenvalue weighted by atomic mass is 10.0. The molecule has 1 aliphatic heterocycles. The van der Waals surface area contributed by atoms with E-state index in [1.165, 1.54) is 10.5 Å². The number of aromatic nitrogens is 1. The molecule has 2 heterocycles. The van der Waals surface area contributed by atoms with E-state index < -0.39 is 0 Å². The molecule has 0 amide bonds. The maximum Gasteiger partial charge on any atom is 0.133 e. The van der Waals surface area contributed by atoms with Crippen molar-refractivity contribution in [2.75, 3.05) is 12.8 Å². The Morgan fingerprint density at radius 3 is 3.10 bits per heavy atom. The molecule has 2 aromatic rings. The SMILES string of the molecule is CNC(Cc1cncc(Br)c1)C1CSc2ccccc2O1. The number of ether oxygens (including phenoxy) is 1. The van der Waals surface area contributed by atoms with Crippen LogP contribution in [-0.4, -0.2) is 29.9 Å². The van der Waals surface area contributed by atoms with Crippen molar-refractivity contribution < 1.29 is 4.74 Å². The number of pyridine rings is 1. The Morgan fingerprint density at radius 1 is 1.43 bits per heavy atom. The van der Waals surface area contributed by atoms with Crippen molar-refractivity contribution in [3.8, 4) is 5.75 Å². The third kappa shape index (κ3) is 3.59. The first-order valence-electron chi connectivity index (χ1n) is 6.91. The molecular formula is C16H17BrN2OS. The number of fused-ring (bicyclic) bond motifs is 1. The average Bonchev–Trinajstić information content (AvgIpc) is 2.52. The molecule has 1 aromatic heterocycles. The summed E-state index contributed by atoms with van der Waals surface area (Å²) in [5.41, 5.74) is 1.20. The highest BCUT2D eigenvalue weighted by Gasteiger charge is 2.27. The second-order valence-electron chi connectivity index (χ2n) is 5.02. The molecule has 2 atom stereocenters. The summed E-state index contributed by atoms with van der Waals surface area (Å²) in [6, 6.07) is 10.6. The van der Waals surface area contributed by atoms with Crippen LogP contribution in [0.15, 0.2) is 52.1 Å². The van der Waals surface area contributed by atoms with Crippen LogP contribution < -0.4 is 10.1 Å². The van der Waals surface area contributed by atoms with E-state index in [9.17, 15) is 0 Å². The molecule has 0 bridgehead atoms. The number of hydrogen-bond acceptors (Lipinski definition) is 4. The second-order valence-corrected chi connectivity index (χ2v) is 7.00. The van der Waals surface area contributed by atoms with Crippen LogP contribution in [0.1, 0.15) is 5.56 Å². The van der Waals surface area contributed by atoms with E-state index in [2.05, 4.69) is 44.4 Å². The molecule has 0 saturated carbocycles. The summed E-state index contributed by atoms with van der Waals surface area (Å²) in [6.07, 6.45) is 4.78. The van der Waals surface area contributed by atoms with Gasteiger partial charge in [0.25, 0.3) is 0 Å². The maximum absolute atomic E-state index is 6.17. The minimum atomic E-state index is 0.161. The van der Waals surface area contributed by atoms with Gasteiger partial charge in [0.2, 0.25) is 0 Å². The van der Waals surface area contributed by atoms with Crippen LogP contribution in [0, 0.1) is 0 Å². The number of nitrogens with one attached hydrogen (secondary N) is 1. The van der Waals surface area contributed by atoms with Crippen LogP contribution in [0.4, 0.5) is 0 Å². The molecular weight excluding hydrogens is 348 g/mol. The van der Waals surface area contributed by atoms with E-state index in [-0.39, 0.29) is 12.1 Å². The van der Waals surface area contributed by atoms with Crippen molar-refractivity contribution in [1.29, 1.82) is 0 Å². The lowest BCUT2D eigenvalue weighted by Gasteiger charge is -2.31. The van der Waals surface area contributed by atoms with E-state index in [1.54, 1.807) is 6.20 Å². The molecule has 3 rings (SSSR count). The highest BCUT2D eigenvalue weighted by atomic mass is 79.9. The van der Waals surface area contributed by atoms with Crippen molar-refractivity contribution in [2.45, 2.75) is 23.5 Å². The topological polar surface area (TPSA) is 34.2 Å². The van der Waals surface area contributed by atoms with Crippen molar-refractivity contribution in [2.24, 2.45) is 0 Å². The van der Waals surface area contributed by atoms with Gasteiger partial charge in [0, 0.05) is 33.6 Å². The molecule has 0 radical (unpaired) electrons. The summed E-state index contributed by atoms with van der Waals surface area (Å²) < 4.78 is 7.19. The van der Waals surface area contributed by atoms with E-state index in [1.807, 2.05) is 37.1 Å². The fourth-order valence-electron chi connectivity index (χ4n) is 2.47. The Morgan fingerprint density at radius 2 is 2.29 bits per heavy atom. The smallest absolute Gasteiger partial charge is 0.133 e. The summed E-state index contributed by atoms with van der Waals surface area (Å²) in [4.78, 5) is 5.46. The maximum atomic E-state index is 6.17. The van der Waals surface area contributed by atoms with Gasteiger partial charge in [-0.15, -0.1) is 11.8 Å². The average molecular weight is 365 g/mol. The first-order chi connectivity index (χ1) is 10.3. The highest BCUT2D eigenvalue weighted by Crippen LogP contribution is 2.36. The van der Waals surface area contributed by atoms with Crippen molar-refractivity contribution >= 4 is 27.7 Å². The summed E-state index contributed by atoms with van der Waals surface area (Å²) >= 11 is 5.34.